The van der Waals surface area contributed by atoms with E-state index in [1.165, 1.54) is 0 Å². The molecule has 2 rings (SSSR count). The van der Waals surface area contributed by atoms with Crippen LogP contribution in [0.3, 0.4) is 0 Å². The van der Waals surface area contributed by atoms with Crippen molar-refractivity contribution in [2.45, 2.75) is 37.8 Å². The summed E-state index contributed by atoms with van der Waals surface area (Å²) < 4.78 is 5.03. The van der Waals surface area contributed by atoms with E-state index in [1.54, 1.807) is 13.2 Å². The minimum atomic E-state index is -0.553. The van der Waals surface area contributed by atoms with E-state index in [0.717, 1.165) is 31.2 Å². The SMILES string of the molecule is COc1ccc(CNCC2(O)CCCC2)c(O)c1. The Kier molecular flexibility index (Phi) is 4.09. The Morgan fingerprint density at radius 3 is 2.67 bits per heavy atom. The fourth-order valence-electron chi connectivity index (χ4n) is 2.46. The van der Waals surface area contributed by atoms with E-state index in [-0.39, 0.29) is 5.75 Å². The zero-order chi connectivity index (χ0) is 13.0. The molecule has 0 atom stereocenters. The fourth-order valence-corrected chi connectivity index (χ4v) is 2.46. The number of aliphatic hydroxyl groups is 1. The Hall–Kier alpha value is -1.26. The summed E-state index contributed by atoms with van der Waals surface area (Å²) in [6.07, 6.45) is 3.95. The molecule has 3 N–H and O–H groups in total. The number of benzene rings is 1. The highest BCUT2D eigenvalue weighted by Crippen LogP contribution is 2.29. The highest BCUT2D eigenvalue weighted by molar-refractivity contribution is 5.39. The van der Waals surface area contributed by atoms with Gasteiger partial charge in [0, 0.05) is 24.7 Å². The monoisotopic (exact) mass is 251 g/mol. The van der Waals surface area contributed by atoms with Crippen molar-refractivity contribution in [3.63, 3.8) is 0 Å². The van der Waals surface area contributed by atoms with Gasteiger partial charge in [-0.1, -0.05) is 18.9 Å². The first-order valence-electron chi connectivity index (χ1n) is 6.42. The van der Waals surface area contributed by atoms with Crippen LogP contribution in [0, 0.1) is 0 Å². The van der Waals surface area contributed by atoms with Gasteiger partial charge < -0.3 is 20.3 Å². The molecule has 0 unspecified atom stereocenters. The molecule has 0 amide bonds. The Labute approximate surface area is 108 Å². The number of hydrogen-bond donors (Lipinski definition) is 3. The van der Waals surface area contributed by atoms with Gasteiger partial charge in [0.05, 0.1) is 12.7 Å². The van der Waals surface area contributed by atoms with Crippen LogP contribution in [0.2, 0.25) is 0 Å². The van der Waals surface area contributed by atoms with Crippen LogP contribution in [0.1, 0.15) is 31.2 Å². The predicted molar refractivity (Wildman–Crippen MR) is 69.8 cm³/mol. The molecule has 0 radical (unpaired) electrons. The summed E-state index contributed by atoms with van der Waals surface area (Å²) >= 11 is 0. The predicted octanol–water partition coefficient (Wildman–Crippen LogP) is 1.80. The van der Waals surface area contributed by atoms with Crippen molar-refractivity contribution < 1.29 is 14.9 Å². The summed E-state index contributed by atoms with van der Waals surface area (Å²) in [5, 5.41) is 23.2. The minimum absolute atomic E-state index is 0.222. The van der Waals surface area contributed by atoms with Crippen LogP contribution in [-0.2, 0) is 6.54 Å². The second kappa shape index (κ2) is 5.59. The first kappa shape index (κ1) is 13.2. The lowest BCUT2D eigenvalue weighted by molar-refractivity contribution is 0.0474. The smallest absolute Gasteiger partial charge is 0.123 e. The Morgan fingerprint density at radius 2 is 2.06 bits per heavy atom. The third-order valence-electron chi connectivity index (χ3n) is 3.60. The number of nitrogens with one attached hydrogen (secondary N) is 1. The summed E-state index contributed by atoms with van der Waals surface area (Å²) in [6, 6.07) is 5.25. The summed E-state index contributed by atoms with van der Waals surface area (Å²) in [6.45, 7) is 1.14. The second-order valence-electron chi connectivity index (χ2n) is 5.03. The summed E-state index contributed by atoms with van der Waals surface area (Å²) in [7, 11) is 1.57. The van der Waals surface area contributed by atoms with E-state index in [0.29, 0.717) is 18.8 Å². The third kappa shape index (κ3) is 3.15. The molecule has 1 fully saturated rings. The maximum atomic E-state index is 10.2. The number of phenols is 1. The van der Waals surface area contributed by atoms with Crippen molar-refractivity contribution in [3.8, 4) is 11.5 Å². The molecule has 4 nitrogen and oxygen atoms in total. The first-order valence-corrected chi connectivity index (χ1v) is 6.42. The molecule has 100 valence electrons. The fraction of sp³-hybridized carbons (Fsp3) is 0.571. The van der Waals surface area contributed by atoms with Gasteiger partial charge in [0.25, 0.3) is 0 Å². The van der Waals surface area contributed by atoms with Gasteiger partial charge in [-0.15, -0.1) is 0 Å². The highest BCUT2D eigenvalue weighted by Gasteiger charge is 2.30. The van der Waals surface area contributed by atoms with Gasteiger partial charge in [0.1, 0.15) is 11.5 Å². The van der Waals surface area contributed by atoms with Crippen LogP contribution in [-0.4, -0.2) is 29.5 Å². The Morgan fingerprint density at radius 1 is 1.33 bits per heavy atom. The van der Waals surface area contributed by atoms with Gasteiger partial charge >= 0.3 is 0 Å². The van der Waals surface area contributed by atoms with Gasteiger partial charge in [-0.3, -0.25) is 0 Å². The number of rotatable bonds is 5. The van der Waals surface area contributed by atoms with Crippen LogP contribution in [0.25, 0.3) is 0 Å². The summed E-state index contributed by atoms with van der Waals surface area (Å²) in [4.78, 5) is 0. The number of phenolic OH excluding ortho intramolecular Hbond substituents is 1. The quantitative estimate of drug-likeness (QED) is 0.746. The van der Waals surface area contributed by atoms with Gasteiger partial charge in [-0.2, -0.15) is 0 Å². The van der Waals surface area contributed by atoms with Gasteiger partial charge in [0.15, 0.2) is 0 Å². The molecule has 1 aromatic carbocycles. The largest absolute Gasteiger partial charge is 0.507 e. The number of ether oxygens (including phenoxy) is 1. The number of hydrogen-bond acceptors (Lipinski definition) is 4. The molecule has 0 spiro atoms. The normalized spacial score (nSPS) is 17.9. The zero-order valence-corrected chi connectivity index (χ0v) is 10.8. The standard InChI is InChI=1S/C14H21NO3/c1-18-12-5-4-11(13(16)8-12)9-15-10-14(17)6-2-3-7-14/h4-5,8,15-17H,2-3,6-7,9-10H2,1H3. The molecule has 1 aromatic rings. The van der Waals surface area contributed by atoms with E-state index in [1.807, 2.05) is 12.1 Å². The number of aromatic hydroxyl groups is 1. The lowest BCUT2D eigenvalue weighted by Gasteiger charge is -2.22. The maximum absolute atomic E-state index is 10.2. The molecular formula is C14H21NO3. The van der Waals surface area contributed by atoms with Crippen LogP contribution < -0.4 is 10.1 Å². The molecule has 0 heterocycles. The lowest BCUT2D eigenvalue weighted by atomic mass is 10.0. The molecule has 1 saturated carbocycles. The van der Waals surface area contributed by atoms with Gasteiger partial charge in [-0.05, 0) is 18.9 Å². The lowest BCUT2D eigenvalue weighted by Crippen LogP contribution is -2.37. The molecule has 0 bridgehead atoms. The minimum Gasteiger partial charge on any atom is -0.507 e. The molecule has 1 aliphatic rings. The topological polar surface area (TPSA) is 61.7 Å². The molecule has 1 aliphatic carbocycles. The Bertz CT molecular complexity index is 400. The summed E-state index contributed by atoms with van der Waals surface area (Å²) in [5.41, 5.74) is 0.264. The van der Waals surface area contributed by atoms with Crippen LogP contribution in [0.4, 0.5) is 0 Å². The molecule has 0 aliphatic heterocycles. The van der Waals surface area contributed by atoms with Crippen molar-refractivity contribution in [1.29, 1.82) is 0 Å². The van der Waals surface area contributed by atoms with E-state index in [2.05, 4.69) is 5.32 Å². The number of methoxy groups -OCH3 is 1. The van der Waals surface area contributed by atoms with E-state index in [9.17, 15) is 10.2 Å². The van der Waals surface area contributed by atoms with Crippen LogP contribution in [0.5, 0.6) is 11.5 Å². The van der Waals surface area contributed by atoms with Crippen molar-refractivity contribution in [2.24, 2.45) is 0 Å². The molecular weight excluding hydrogens is 230 g/mol. The first-order chi connectivity index (χ1) is 8.63. The van der Waals surface area contributed by atoms with Crippen molar-refractivity contribution in [2.75, 3.05) is 13.7 Å². The molecule has 4 heteroatoms. The zero-order valence-electron chi connectivity index (χ0n) is 10.8. The average molecular weight is 251 g/mol. The van der Waals surface area contributed by atoms with Crippen molar-refractivity contribution in [3.05, 3.63) is 23.8 Å². The van der Waals surface area contributed by atoms with E-state index >= 15 is 0 Å². The second-order valence-corrected chi connectivity index (χ2v) is 5.03. The average Bonchev–Trinajstić information content (AvgIpc) is 2.78. The van der Waals surface area contributed by atoms with Crippen molar-refractivity contribution >= 4 is 0 Å². The maximum Gasteiger partial charge on any atom is 0.123 e. The van der Waals surface area contributed by atoms with Gasteiger partial charge in [-0.25, -0.2) is 0 Å². The van der Waals surface area contributed by atoms with Crippen LogP contribution >= 0.6 is 0 Å². The van der Waals surface area contributed by atoms with Crippen LogP contribution in [0.15, 0.2) is 18.2 Å². The highest BCUT2D eigenvalue weighted by atomic mass is 16.5. The van der Waals surface area contributed by atoms with Gasteiger partial charge in [0.2, 0.25) is 0 Å². The Balaban J connectivity index is 1.86. The van der Waals surface area contributed by atoms with E-state index in [4.69, 9.17) is 4.74 Å². The third-order valence-corrected chi connectivity index (χ3v) is 3.60. The van der Waals surface area contributed by atoms with Crippen molar-refractivity contribution in [1.82, 2.24) is 5.32 Å². The molecule has 18 heavy (non-hydrogen) atoms. The molecule has 0 aromatic heterocycles. The molecule has 0 saturated heterocycles. The summed E-state index contributed by atoms with van der Waals surface area (Å²) in [5.74, 6) is 0.867. The van der Waals surface area contributed by atoms with E-state index < -0.39 is 5.60 Å².